The van der Waals surface area contributed by atoms with Crippen LogP contribution in [-0.4, -0.2) is 25.7 Å². The zero-order chi connectivity index (χ0) is 14.1. The van der Waals surface area contributed by atoms with E-state index < -0.39 is 15.6 Å². The van der Waals surface area contributed by atoms with E-state index in [4.69, 9.17) is 5.73 Å². The van der Waals surface area contributed by atoms with E-state index in [2.05, 4.69) is 4.72 Å². The number of sulfonamides is 1. The molecule has 0 aromatic heterocycles. The van der Waals surface area contributed by atoms with Crippen LogP contribution < -0.4 is 10.5 Å². The molecule has 1 fully saturated rings. The number of anilines is 1. The molecule has 0 heterocycles. The Labute approximate surface area is 113 Å². The van der Waals surface area contributed by atoms with Gasteiger partial charge in [-0.1, -0.05) is 18.9 Å². The van der Waals surface area contributed by atoms with Crippen molar-refractivity contribution < 1.29 is 13.5 Å². The van der Waals surface area contributed by atoms with E-state index in [-0.39, 0.29) is 11.4 Å². The lowest BCUT2D eigenvalue weighted by Gasteiger charge is -2.22. The molecule has 0 atom stereocenters. The molecule has 1 aliphatic carbocycles. The third kappa shape index (κ3) is 3.08. The number of nitrogens with one attached hydrogen (secondary N) is 1. The van der Waals surface area contributed by atoms with Gasteiger partial charge in [0.1, 0.15) is 0 Å². The molecule has 4 N–H and O–H groups in total. The van der Waals surface area contributed by atoms with E-state index in [1.165, 1.54) is 6.07 Å². The summed E-state index contributed by atoms with van der Waals surface area (Å²) in [5, 5.41) is 10.2. The highest BCUT2D eigenvalue weighted by atomic mass is 32.2. The van der Waals surface area contributed by atoms with Crippen LogP contribution in [0.15, 0.2) is 23.1 Å². The topological polar surface area (TPSA) is 92.4 Å². The summed E-state index contributed by atoms with van der Waals surface area (Å²) in [6.45, 7) is 1.73. The largest absolute Gasteiger partial charge is 0.398 e. The minimum atomic E-state index is -3.63. The van der Waals surface area contributed by atoms with Crippen LogP contribution in [-0.2, 0) is 10.0 Å². The van der Waals surface area contributed by atoms with Gasteiger partial charge in [0.15, 0.2) is 0 Å². The van der Waals surface area contributed by atoms with E-state index in [1.54, 1.807) is 19.1 Å². The molecule has 19 heavy (non-hydrogen) atoms. The van der Waals surface area contributed by atoms with Crippen LogP contribution in [0.1, 0.15) is 31.2 Å². The maximum atomic E-state index is 12.2. The smallest absolute Gasteiger partial charge is 0.241 e. The molecule has 0 radical (unpaired) electrons. The van der Waals surface area contributed by atoms with Crippen LogP contribution in [0.5, 0.6) is 0 Å². The standard InChI is InChI=1S/C13H20N2O3S/c1-10-11(14)5-4-6-12(10)19(17,18)15-9-13(16)7-2-3-8-13/h4-6,15-16H,2-3,7-9,14H2,1H3. The number of nitrogens with two attached hydrogens (primary N) is 1. The number of hydrogen-bond acceptors (Lipinski definition) is 4. The minimum Gasteiger partial charge on any atom is -0.398 e. The molecule has 0 unspecified atom stereocenters. The number of rotatable bonds is 4. The Morgan fingerprint density at radius 3 is 2.63 bits per heavy atom. The summed E-state index contributed by atoms with van der Waals surface area (Å²) >= 11 is 0. The van der Waals surface area contributed by atoms with Crippen molar-refractivity contribution in [3.8, 4) is 0 Å². The fraction of sp³-hybridized carbons (Fsp3) is 0.538. The molecule has 2 rings (SSSR count). The lowest BCUT2D eigenvalue weighted by atomic mass is 10.0. The van der Waals surface area contributed by atoms with Crippen LogP contribution in [0.4, 0.5) is 5.69 Å². The minimum absolute atomic E-state index is 0.0591. The number of hydrogen-bond donors (Lipinski definition) is 3. The first-order valence-electron chi connectivity index (χ1n) is 6.41. The summed E-state index contributed by atoms with van der Waals surface area (Å²) in [4.78, 5) is 0.175. The van der Waals surface area contributed by atoms with Crippen molar-refractivity contribution in [3.05, 3.63) is 23.8 Å². The fourth-order valence-electron chi connectivity index (χ4n) is 2.44. The Bertz CT molecular complexity index is 563. The molecule has 106 valence electrons. The maximum absolute atomic E-state index is 12.2. The zero-order valence-corrected chi connectivity index (χ0v) is 11.8. The van der Waals surface area contributed by atoms with E-state index in [9.17, 15) is 13.5 Å². The molecular formula is C13H20N2O3S. The van der Waals surface area contributed by atoms with E-state index in [0.29, 0.717) is 24.1 Å². The molecule has 0 spiro atoms. The highest BCUT2D eigenvalue weighted by Gasteiger charge is 2.32. The molecule has 1 aliphatic rings. The lowest BCUT2D eigenvalue weighted by Crippen LogP contribution is -2.40. The van der Waals surface area contributed by atoms with Gasteiger partial charge in [-0.3, -0.25) is 0 Å². The summed E-state index contributed by atoms with van der Waals surface area (Å²) in [5.41, 5.74) is 5.80. The van der Waals surface area contributed by atoms with Crippen LogP contribution in [0.2, 0.25) is 0 Å². The van der Waals surface area contributed by atoms with Crippen molar-refractivity contribution in [3.63, 3.8) is 0 Å². The van der Waals surface area contributed by atoms with Gasteiger partial charge in [-0.25, -0.2) is 13.1 Å². The quantitative estimate of drug-likeness (QED) is 0.723. The monoisotopic (exact) mass is 284 g/mol. The van der Waals surface area contributed by atoms with E-state index in [1.807, 2.05) is 0 Å². The average Bonchev–Trinajstić information content (AvgIpc) is 2.78. The fourth-order valence-corrected chi connectivity index (χ4v) is 3.83. The Balaban J connectivity index is 2.16. The first-order chi connectivity index (χ1) is 8.84. The molecule has 0 bridgehead atoms. The molecule has 0 saturated heterocycles. The first-order valence-corrected chi connectivity index (χ1v) is 7.90. The molecular weight excluding hydrogens is 264 g/mol. The predicted molar refractivity (Wildman–Crippen MR) is 74.2 cm³/mol. The molecule has 0 aliphatic heterocycles. The number of aliphatic hydroxyl groups is 1. The second-order valence-electron chi connectivity index (χ2n) is 5.23. The summed E-state index contributed by atoms with van der Waals surface area (Å²) in [6, 6.07) is 4.80. The van der Waals surface area contributed by atoms with Gasteiger partial charge < -0.3 is 10.8 Å². The Kier molecular flexibility index (Phi) is 3.85. The first kappa shape index (κ1) is 14.3. The van der Waals surface area contributed by atoms with E-state index in [0.717, 1.165) is 12.8 Å². The molecule has 1 saturated carbocycles. The second kappa shape index (κ2) is 5.11. The van der Waals surface area contributed by atoms with Crippen molar-refractivity contribution >= 4 is 15.7 Å². The zero-order valence-electron chi connectivity index (χ0n) is 11.0. The third-order valence-electron chi connectivity index (χ3n) is 3.74. The van der Waals surface area contributed by atoms with Gasteiger partial charge in [-0.15, -0.1) is 0 Å². The van der Waals surface area contributed by atoms with Crippen LogP contribution >= 0.6 is 0 Å². The summed E-state index contributed by atoms with van der Waals surface area (Å²) in [5.74, 6) is 0. The van der Waals surface area contributed by atoms with Crippen molar-refractivity contribution in [1.29, 1.82) is 0 Å². The van der Waals surface area contributed by atoms with Crippen molar-refractivity contribution in [1.82, 2.24) is 4.72 Å². The van der Waals surface area contributed by atoms with Crippen molar-refractivity contribution in [2.75, 3.05) is 12.3 Å². The molecule has 0 amide bonds. The molecule has 6 heteroatoms. The number of benzene rings is 1. The van der Waals surface area contributed by atoms with Gasteiger partial charge in [0.25, 0.3) is 0 Å². The summed E-state index contributed by atoms with van der Waals surface area (Å²) < 4.78 is 26.9. The van der Waals surface area contributed by atoms with E-state index >= 15 is 0 Å². The Morgan fingerprint density at radius 1 is 1.37 bits per heavy atom. The van der Waals surface area contributed by atoms with Gasteiger partial charge >= 0.3 is 0 Å². The van der Waals surface area contributed by atoms with Crippen LogP contribution in [0.25, 0.3) is 0 Å². The van der Waals surface area contributed by atoms with Crippen molar-refractivity contribution in [2.45, 2.75) is 43.1 Å². The molecule has 1 aromatic carbocycles. The van der Waals surface area contributed by atoms with Gasteiger partial charge in [0.05, 0.1) is 10.5 Å². The van der Waals surface area contributed by atoms with Crippen LogP contribution in [0, 0.1) is 6.92 Å². The lowest BCUT2D eigenvalue weighted by molar-refractivity contribution is 0.0532. The average molecular weight is 284 g/mol. The number of nitrogen functional groups attached to an aromatic ring is 1. The molecule has 1 aromatic rings. The Morgan fingerprint density at radius 2 is 2.00 bits per heavy atom. The van der Waals surface area contributed by atoms with Gasteiger partial charge in [0.2, 0.25) is 10.0 Å². The highest BCUT2D eigenvalue weighted by molar-refractivity contribution is 7.89. The maximum Gasteiger partial charge on any atom is 0.241 e. The third-order valence-corrected chi connectivity index (χ3v) is 5.29. The van der Waals surface area contributed by atoms with Gasteiger partial charge in [0, 0.05) is 12.2 Å². The SMILES string of the molecule is Cc1c(N)cccc1S(=O)(=O)NCC1(O)CCCC1. The summed E-state index contributed by atoms with van der Waals surface area (Å²) in [7, 11) is -3.63. The second-order valence-corrected chi connectivity index (χ2v) is 6.96. The van der Waals surface area contributed by atoms with Gasteiger partial charge in [-0.2, -0.15) is 0 Å². The Hall–Kier alpha value is -1.11. The highest BCUT2D eigenvalue weighted by Crippen LogP contribution is 2.29. The summed E-state index contributed by atoms with van der Waals surface area (Å²) in [6.07, 6.45) is 3.17. The predicted octanol–water partition coefficient (Wildman–Crippen LogP) is 1.16. The van der Waals surface area contributed by atoms with Gasteiger partial charge in [-0.05, 0) is 37.5 Å². The van der Waals surface area contributed by atoms with Crippen molar-refractivity contribution in [2.24, 2.45) is 0 Å². The molecule has 5 nitrogen and oxygen atoms in total. The normalized spacial score (nSPS) is 18.6. The van der Waals surface area contributed by atoms with Crippen LogP contribution in [0.3, 0.4) is 0 Å².